The van der Waals surface area contributed by atoms with E-state index in [1.165, 1.54) is 0 Å². The monoisotopic (exact) mass is 304 g/mol. The number of hydrogen-bond donors (Lipinski definition) is 1. The zero-order valence-corrected chi connectivity index (χ0v) is 12.6. The molecule has 1 unspecified atom stereocenters. The van der Waals surface area contributed by atoms with Crippen LogP contribution in [0.25, 0.3) is 0 Å². The van der Waals surface area contributed by atoms with E-state index in [0.29, 0.717) is 26.3 Å². The van der Waals surface area contributed by atoms with Crippen LogP contribution in [0.3, 0.4) is 0 Å². The number of ether oxygens (including phenoxy) is 2. The molecule has 1 saturated heterocycles. The van der Waals surface area contributed by atoms with Crippen LogP contribution in [0, 0.1) is 5.92 Å². The molecule has 1 aromatic carbocycles. The molecule has 1 N–H and O–H groups in total. The molecule has 1 fully saturated rings. The second-order valence-corrected chi connectivity index (χ2v) is 5.64. The zero-order chi connectivity index (χ0) is 15.5. The first-order valence-corrected chi connectivity index (χ1v) is 7.50. The standard InChI is InChI=1S/C16H20N2O4/c1-21-7-5-18-10-12(9-15(18)19)16(20)17-13-2-3-14-11(8-13)4-6-22-14/h2-3,8,12H,4-7,9-10H2,1H3,(H,17,20). The summed E-state index contributed by atoms with van der Waals surface area (Å²) in [7, 11) is 1.60. The molecule has 0 bridgehead atoms. The fourth-order valence-corrected chi connectivity index (χ4v) is 2.87. The number of rotatable bonds is 5. The summed E-state index contributed by atoms with van der Waals surface area (Å²) in [6.45, 7) is 2.18. The molecule has 6 heteroatoms. The van der Waals surface area contributed by atoms with Gasteiger partial charge in [-0.25, -0.2) is 0 Å². The van der Waals surface area contributed by atoms with Gasteiger partial charge in [-0.2, -0.15) is 0 Å². The summed E-state index contributed by atoms with van der Waals surface area (Å²) < 4.78 is 10.4. The van der Waals surface area contributed by atoms with E-state index in [0.717, 1.165) is 23.4 Å². The van der Waals surface area contributed by atoms with Crippen LogP contribution in [0.4, 0.5) is 5.69 Å². The van der Waals surface area contributed by atoms with Gasteiger partial charge in [0.1, 0.15) is 5.75 Å². The molecular weight excluding hydrogens is 284 g/mol. The lowest BCUT2D eigenvalue weighted by Crippen LogP contribution is -2.30. The third kappa shape index (κ3) is 3.06. The Kier molecular flexibility index (Phi) is 4.29. The van der Waals surface area contributed by atoms with Crippen molar-refractivity contribution in [3.05, 3.63) is 23.8 Å². The van der Waals surface area contributed by atoms with Crippen LogP contribution >= 0.6 is 0 Å². The highest BCUT2D eigenvalue weighted by atomic mass is 16.5. The maximum atomic E-state index is 12.3. The van der Waals surface area contributed by atoms with Gasteiger partial charge in [0.05, 0.1) is 19.1 Å². The molecule has 0 saturated carbocycles. The molecule has 0 spiro atoms. The first kappa shape index (κ1) is 14.8. The Morgan fingerprint density at radius 2 is 2.36 bits per heavy atom. The van der Waals surface area contributed by atoms with E-state index >= 15 is 0 Å². The fraction of sp³-hybridized carbons (Fsp3) is 0.500. The van der Waals surface area contributed by atoms with Crippen molar-refractivity contribution in [2.24, 2.45) is 5.92 Å². The third-order valence-corrected chi connectivity index (χ3v) is 4.11. The predicted molar refractivity (Wildman–Crippen MR) is 80.8 cm³/mol. The number of methoxy groups -OCH3 is 1. The molecule has 6 nitrogen and oxygen atoms in total. The van der Waals surface area contributed by atoms with Crippen molar-refractivity contribution < 1.29 is 19.1 Å². The highest BCUT2D eigenvalue weighted by Crippen LogP contribution is 2.28. The minimum absolute atomic E-state index is 0.0135. The molecule has 2 aliphatic heterocycles. The van der Waals surface area contributed by atoms with Crippen molar-refractivity contribution in [3.63, 3.8) is 0 Å². The highest BCUT2D eigenvalue weighted by molar-refractivity contribution is 5.97. The quantitative estimate of drug-likeness (QED) is 0.883. The van der Waals surface area contributed by atoms with Crippen LogP contribution in [0.2, 0.25) is 0 Å². The molecule has 2 aliphatic rings. The molecular formula is C16H20N2O4. The molecule has 1 aromatic rings. The van der Waals surface area contributed by atoms with Crippen LogP contribution in [-0.4, -0.2) is 50.1 Å². The molecule has 1 atom stereocenters. The number of anilines is 1. The highest BCUT2D eigenvalue weighted by Gasteiger charge is 2.34. The minimum atomic E-state index is -0.297. The molecule has 2 heterocycles. The van der Waals surface area contributed by atoms with Gasteiger partial charge in [-0.3, -0.25) is 9.59 Å². The van der Waals surface area contributed by atoms with Crippen LogP contribution in [0.15, 0.2) is 18.2 Å². The number of carbonyl (C=O) groups excluding carboxylic acids is 2. The molecule has 22 heavy (non-hydrogen) atoms. The Morgan fingerprint density at radius 1 is 1.50 bits per heavy atom. The third-order valence-electron chi connectivity index (χ3n) is 4.11. The summed E-state index contributed by atoms with van der Waals surface area (Å²) in [5.74, 6) is 0.500. The van der Waals surface area contributed by atoms with Gasteiger partial charge in [0.15, 0.2) is 0 Å². The van der Waals surface area contributed by atoms with Gasteiger partial charge in [-0.15, -0.1) is 0 Å². The van der Waals surface area contributed by atoms with Gasteiger partial charge >= 0.3 is 0 Å². The maximum absolute atomic E-state index is 12.3. The number of fused-ring (bicyclic) bond motifs is 1. The summed E-state index contributed by atoms with van der Waals surface area (Å²) in [5.41, 5.74) is 1.87. The first-order valence-electron chi connectivity index (χ1n) is 7.50. The van der Waals surface area contributed by atoms with Crippen molar-refractivity contribution >= 4 is 17.5 Å². The summed E-state index contributed by atoms with van der Waals surface area (Å²) in [4.78, 5) is 25.9. The first-order chi connectivity index (χ1) is 10.7. The molecule has 0 aromatic heterocycles. The Labute approximate surface area is 129 Å². The number of nitrogens with zero attached hydrogens (tertiary/aromatic N) is 1. The van der Waals surface area contributed by atoms with Crippen molar-refractivity contribution in [3.8, 4) is 5.75 Å². The Hall–Kier alpha value is -2.08. The van der Waals surface area contributed by atoms with Crippen molar-refractivity contribution in [2.75, 3.05) is 38.7 Å². The van der Waals surface area contributed by atoms with Gasteiger partial charge in [0.25, 0.3) is 0 Å². The zero-order valence-electron chi connectivity index (χ0n) is 12.6. The molecule has 2 amide bonds. The van der Waals surface area contributed by atoms with Crippen molar-refractivity contribution in [2.45, 2.75) is 12.8 Å². The smallest absolute Gasteiger partial charge is 0.229 e. The van der Waals surface area contributed by atoms with E-state index in [4.69, 9.17) is 9.47 Å². The SMILES string of the molecule is COCCN1CC(C(=O)Nc2ccc3c(c2)CCO3)CC1=O. The number of carbonyl (C=O) groups is 2. The summed E-state index contributed by atoms with van der Waals surface area (Å²) in [5, 5.41) is 2.91. The number of amides is 2. The van der Waals surface area contributed by atoms with E-state index in [9.17, 15) is 9.59 Å². The summed E-state index contributed by atoms with van der Waals surface area (Å²) in [6.07, 6.45) is 1.13. The molecule has 0 aliphatic carbocycles. The number of hydrogen-bond acceptors (Lipinski definition) is 4. The van der Waals surface area contributed by atoms with Crippen LogP contribution in [-0.2, 0) is 20.7 Å². The Balaban J connectivity index is 1.59. The molecule has 0 radical (unpaired) electrons. The lowest BCUT2D eigenvalue weighted by Gasteiger charge is -2.16. The summed E-state index contributed by atoms with van der Waals surface area (Å²) >= 11 is 0. The second-order valence-electron chi connectivity index (χ2n) is 5.64. The van der Waals surface area contributed by atoms with Crippen LogP contribution < -0.4 is 10.1 Å². The largest absolute Gasteiger partial charge is 0.493 e. The van der Waals surface area contributed by atoms with E-state index in [1.807, 2.05) is 18.2 Å². The predicted octanol–water partition coefficient (Wildman–Crippen LogP) is 1.05. The number of nitrogens with one attached hydrogen (secondary N) is 1. The average molecular weight is 304 g/mol. The topological polar surface area (TPSA) is 67.9 Å². The van der Waals surface area contributed by atoms with Crippen LogP contribution in [0.1, 0.15) is 12.0 Å². The molecule has 118 valence electrons. The van der Waals surface area contributed by atoms with Gasteiger partial charge in [-0.05, 0) is 23.8 Å². The van der Waals surface area contributed by atoms with Gasteiger partial charge in [0, 0.05) is 38.7 Å². The molecule has 3 rings (SSSR count). The van der Waals surface area contributed by atoms with Gasteiger partial charge < -0.3 is 19.7 Å². The van der Waals surface area contributed by atoms with E-state index in [1.54, 1.807) is 12.0 Å². The number of benzene rings is 1. The Bertz CT molecular complexity index is 588. The lowest BCUT2D eigenvalue weighted by molar-refractivity contribution is -0.128. The Morgan fingerprint density at radius 3 is 3.18 bits per heavy atom. The average Bonchev–Trinajstić information content (AvgIpc) is 3.11. The normalized spacial score (nSPS) is 20.0. The van der Waals surface area contributed by atoms with E-state index in [-0.39, 0.29) is 24.2 Å². The fourth-order valence-electron chi connectivity index (χ4n) is 2.87. The maximum Gasteiger partial charge on any atom is 0.229 e. The van der Waals surface area contributed by atoms with Gasteiger partial charge in [-0.1, -0.05) is 0 Å². The second kappa shape index (κ2) is 6.36. The van der Waals surface area contributed by atoms with Crippen LogP contribution in [0.5, 0.6) is 5.75 Å². The van der Waals surface area contributed by atoms with Crippen molar-refractivity contribution in [1.29, 1.82) is 0 Å². The van der Waals surface area contributed by atoms with Crippen molar-refractivity contribution in [1.82, 2.24) is 4.90 Å². The minimum Gasteiger partial charge on any atom is -0.493 e. The van der Waals surface area contributed by atoms with E-state index in [2.05, 4.69) is 5.32 Å². The van der Waals surface area contributed by atoms with Gasteiger partial charge in [0.2, 0.25) is 11.8 Å². The van der Waals surface area contributed by atoms with E-state index < -0.39 is 0 Å². The summed E-state index contributed by atoms with van der Waals surface area (Å²) in [6, 6.07) is 5.66. The number of likely N-dealkylation sites (tertiary alicyclic amines) is 1. The lowest BCUT2D eigenvalue weighted by atomic mass is 10.1.